The van der Waals surface area contributed by atoms with Crippen molar-refractivity contribution in [1.82, 2.24) is 9.99 Å². The summed E-state index contributed by atoms with van der Waals surface area (Å²) in [6.45, 7) is 3.02. The van der Waals surface area contributed by atoms with Gasteiger partial charge in [0, 0.05) is 29.2 Å². The normalized spacial score (nSPS) is 11.0. The molecule has 1 aromatic heterocycles. The van der Waals surface area contributed by atoms with Gasteiger partial charge in [0.15, 0.2) is 18.1 Å². The number of hydrogen-bond acceptors (Lipinski definition) is 4. The Morgan fingerprint density at radius 1 is 0.938 bits per heavy atom. The first-order valence-electron chi connectivity index (χ1n) is 10.5. The van der Waals surface area contributed by atoms with Gasteiger partial charge < -0.3 is 14.0 Å². The minimum Gasteiger partial charge on any atom is -0.490 e. The van der Waals surface area contributed by atoms with Crippen LogP contribution >= 0.6 is 0 Å². The van der Waals surface area contributed by atoms with E-state index in [1.807, 2.05) is 61.7 Å². The maximum absolute atomic E-state index is 12.2. The third-order valence-electron chi connectivity index (χ3n) is 4.92. The average Bonchev–Trinajstić information content (AvgIpc) is 3.17. The molecule has 32 heavy (non-hydrogen) atoms. The highest BCUT2D eigenvalue weighted by atomic mass is 16.5. The van der Waals surface area contributed by atoms with E-state index in [2.05, 4.69) is 33.3 Å². The molecule has 6 nitrogen and oxygen atoms in total. The highest BCUT2D eigenvalue weighted by Crippen LogP contribution is 2.26. The van der Waals surface area contributed by atoms with Gasteiger partial charge in [-0.15, -0.1) is 0 Å². The molecule has 0 saturated heterocycles. The lowest BCUT2D eigenvalue weighted by Crippen LogP contribution is -2.24. The molecule has 0 aliphatic heterocycles. The molecule has 6 heteroatoms. The van der Waals surface area contributed by atoms with Gasteiger partial charge in [-0.1, -0.05) is 60.7 Å². The number of aromatic nitrogens is 1. The smallest absolute Gasteiger partial charge is 0.277 e. The summed E-state index contributed by atoms with van der Waals surface area (Å²) in [5.41, 5.74) is 5.79. The minimum absolute atomic E-state index is 0.156. The number of hydrazone groups is 1. The lowest BCUT2D eigenvalue weighted by atomic mass is 10.2. The van der Waals surface area contributed by atoms with Crippen LogP contribution < -0.4 is 14.9 Å². The standard InChI is InChI=1S/C26H25N3O3/c1-2-31-24-14-8-9-15-25(24)32-19-26(30)28-27-16-21-18-29(17-20-10-4-3-5-11-20)23-13-7-6-12-22(21)23/h3-16,18H,2,17,19H2,1H3,(H,28,30)/b27-16+. The summed E-state index contributed by atoms with van der Waals surface area (Å²) in [5.74, 6) is 0.788. The van der Waals surface area contributed by atoms with Crippen molar-refractivity contribution in [3.05, 3.63) is 96.2 Å². The molecule has 1 N–H and O–H groups in total. The maximum Gasteiger partial charge on any atom is 0.277 e. The molecule has 0 bridgehead atoms. The summed E-state index contributed by atoms with van der Waals surface area (Å²) < 4.78 is 13.3. The number of carbonyl (C=O) groups is 1. The second kappa shape index (κ2) is 10.3. The largest absolute Gasteiger partial charge is 0.490 e. The van der Waals surface area contributed by atoms with Gasteiger partial charge in [0.25, 0.3) is 5.91 Å². The van der Waals surface area contributed by atoms with Gasteiger partial charge in [-0.05, 0) is 30.7 Å². The van der Waals surface area contributed by atoms with E-state index >= 15 is 0 Å². The van der Waals surface area contributed by atoms with Crippen LogP contribution in [0, 0.1) is 0 Å². The molecule has 0 unspecified atom stereocenters. The molecular weight excluding hydrogens is 402 g/mol. The first-order chi connectivity index (χ1) is 15.7. The van der Waals surface area contributed by atoms with Crippen molar-refractivity contribution < 1.29 is 14.3 Å². The third kappa shape index (κ3) is 5.16. The number of carbonyl (C=O) groups excluding carboxylic acids is 1. The molecule has 4 aromatic rings. The van der Waals surface area contributed by atoms with E-state index in [1.165, 1.54) is 5.56 Å². The van der Waals surface area contributed by atoms with Crippen molar-refractivity contribution in [3.63, 3.8) is 0 Å². The van der Waals surface area contributed by atoms with Gasteiger partial charge in [-0.3, -0.25) is 4.79 Å². The van der Waals surface area contributed by atoms with Crippen molar-refractivity contribution in [2.75, 3.05) is 13.2 Å². The lowest BCUT2D eigenvalue weighted by molar-refractivity contribution is -0.123. The Bertz CT molecular complexity index is 1220. The first-order valence-corrected chi connectivity index (χ1v) is 10.5. The topological polar surface area (TPSA) is 64.8 Å². The number of nitrogens with one attached hydrogen (secondary N) is 1. The van der Waals surface area contributed by atoms with E-state index in [-0.39, 0.29) is 12.5 Å². The van der Waals surface area contributed by atoms with Crippen LogP contribution in [0.25, 0.3) is 10.9 Å². The molecule has 1 amide bonds. The van der Waals surface area contributed by atoms with Crippen LogP contribution in [-0.4, -0.2) is 29.9 Å². The monoisotopic (exact) mass is 427 g/mol. The highest BCUT2D eigenvalue weighted by molar-refractivity contribution is 5.99. The quantitative estimate of drug-likeness (QED) is 0.313. The zero-order valence-corrected chi connectivity index (χ0v) is 17.9. The second-order valence-corrected chi connectivity index (χ2v) is 7.18. The molecule has 0 aliphatic carbocycles. The van der Waals surface area contributed by atoms with E-state index in [0.29, 0.717) is 18.1 Å². The predicted molar refractivity (Wildman–Crippen MR) is 126 cm³/mol. The number of benzene rings is 3. The van der Waals surface area contributed by atoms with E-state index in [4.69, 9.17) is 9.47 Å². The van der Waals surface area contributed by atoms with Crippen LogP contribution in [0.2, 0.25) is 0 Å². The predicted octanol–water partition coefficient (Wildman–Crippen LogP) is 4.62. The number of ether oxygens (including phenoxy) is 2. The zero-order chi connectivity index (χ0) is 22.2. The molecule has 162 valence electrons. The molecule has 4 rings (SSSR count). The maximum atomic E-state index is 12.2. The molecule has 0 saturated carbocycles. The van der Waals surface area contributed by atoms with E-state index in [0.717, 1.165) is 23.0 Å². The first kappa shape index (κ1) is 21.2. The molecule has 3 aromatic carbocycles. The fourth-order valence-corrected chi connectivity index (χ4v) is 3.48. The van der Waals surface area contributed by atoms with E-state index in [1.54, 1.807) is 18.3 Å². The Balaban J connectivity index is 1.41. The highest BCUT2D eigenvalue weighted by Gasteiger charge is 2.09. The Kier molecular flexibility index (Phi) is 6.82. The lowest BCUT2D eigenvalue weighted by Gasteiger charge is -2.10. The summed E-state index contributed by atoms with van der Waals surface area (Å²) in [6, 6.07) is 25.7. The van der Waals surface area contributed by atoms with Gasteiger partial charge in [0.05, 0.1) is 12.8 Å². The Morgan fingerprint density at radius 3 is 2.41 bits per heavy atom. The van der Waals surface area contributed by atoms with Gasteiger partial charge in [-0.2, -0.15) is 5.10 Å². The summed E-state index contributed by atoms with van der Waals surface area (Å²) in [7, 11) is 0. The SMILES string of the molecule is CCOc1ccccc1OCC(=O)N/N=C/c1cn(Cc2ccccc2)c2ccccc12. The summed E-state index contributed by atoms with van der Waals surface area (Å²) in [5, 5.41) is 5.21. The van der Waals surface area contributed by atoms with E-state index < -0.39 is 0 Å². The van der Waals surface area contributed by atoms with Gasteiger partial charge in [0.1, 0.15) is 0 Å². The fraction of sp³-hybridized carbons (Fsp3) is 0.154. The number of para-hydroxylation sites is 3. The molecule has 0 radical (unpaired) electrons. The van der Waals surface area contributed by atoms with Crippen molar-refractivity contribution in [3.8, 4) is 11.5 Å². The Labute approximate surface area is 187 Å². The van der Waals surface area contributed by atoms with Gasteiger partial charge in [0.2, 0.25) is 0 Å². The van der Waals surface area contributed by atoms with Crippen molar-refractivity contribution in [1.29, 1.82) is 0 Å². The van der Waals surface area contributed by atoms with Crippen LogP contribution in [0.15, 0.2) is 90.2 Å². The van der Waals surface area contributed by atoms with E-state index in [9.17, 15) is 4.79 Å². The average molecular weight is 428 g/mol. The third-order valence-corrected chi connectivity index (χ3v) is 4.92. The van der Waals surface area contributed by atoms with Crippen LogP contribution in [-0.2, 0) is 11.3 Å². The molecule has 1 heterocycles. The number of nitrogens with zero attached hydrogens (tertiary/aromatic N) is 2. The van der Waals surface area contributed by atoms with Crippen LogP contribution in [0.1, 0.15) is 18.1 Å². The Morgan fingerprint density at radius 2 is 1.62 bits per heavy atom. The summed E-state index contributed by atoms with van der Waals surface area (Å²) >= 11 is 0. The van der Waals surface area contributed by atoms with Gasteiger partial charge >= 0.3 is 0 Å². The second-order valence-electron chi connectivity index (χ2n) is 7.18. The molecule has 0 spiro atoms. The number of hydrogen-bond donors (Lipinski definition) is 1. The Hall–Kier alpha value is -4.06. The molecular formula is C26H25N3O3. The molecule has 0 aliphatic rings. The number of fused-ring (bicyclic) bond motifs is 1. The fourth-order valence-electron chi connectivity index (χ4n) is 3.48. The number of amides is 1. The molecule has 0 fully saturated rings. The zero-order valence-electron chi connectivity index (χ0n) is 17.9. The van der Waals surface area contributed by atoms with Crippen LogP contribution in [0.5, 0.6) is 11.5 Å². The van der Waals surface area contributed by atoms with Crippen molar-refractivity contribution >= 4 is 23.0 Å². The molecule has 0 atom stereocenters. The minimum atomic E-state index is -0.347. The van der Waals surface area contributed by atoms with Crippen molar-refractivity contribution in [2.45, 2.75) is 13.5 Å². The van der Waals surface area contributed by atoms with Gasteiger partial charge in [-0.25, -0.2) is 5.43 Å². The van der Waals surface area contributed by atoms with Crippen molar-refractivity contribution in [2.24, 2.45) is 5.10 Å². The number of rotatable bonds is 9. The summed E-state index contributed by atoms with van der Waals surface area (Å²) in [6.07, 6.45) is 3.71. The summed E-state index contributed by atoms with van der Waals surface area (Å²) in [4.78, 5) is 12.2. The van der Waals surface area contributed by atoms with Crippen LogP contribution in [0.3, 0.4) is 0 Å². The van der Waals surface area contributed by atoms with Crippen LogP contribution in [0.4, 0.5) is 0 Å².